The van der Waals surface area contributed by atoms with Crippen molar-refractivity contribution in [2.45, 2.75) is 33.1 Å². The molecule has 0 spiro atoms. The van der Waals surface area contributed by atoms with Crippen molar-refractivity contribution in [3.05, 3.63) is 30.3 Å². The van der Waals surface area contributed by atoms with E-state index in [0.717, 1.165) is 35.7 Å². The first-order valence-corrected chi connectivity index (χ1v) is 7.68. The summed E-state index contributed by atoms with van der Waals surface area (Å²) in [5.41, 5.74) is 1.08. The molecule has 0 aromatic heterocycles. The first-order valence-electron chi connectivity index (χ1n) is 7.28. The highest BCUT2D eigenvalue weighted by molar-refractivity contribution is 7.80. The van der Waals surface area contributed by atoms with Crippen molar-refractivity contribution < 1.29 is 0 Å². The molecule has 1 aliphatic heterocycles. The van der Waals surface area contributed by atoms with Gasteiger partial charge in [-0.05, 0) is 55.4 Å². The van der Waals surface area contributed by atoms with E-state index in [1.807, 2.05) is 18.2 Å². The summed E-state index contributed by atoms with van der Waals surface area (Å²) in [5, 5.41) is 4.21. The third-order valence-electron chi connectivity index (χ3n) is 4.03. The Morgan fingerprint density at radius 1 is 1.21 bits per heavy atom. The lowest BCUT2D eigenvalue weighted by molar-refractivity contribution is 0.340. The number of hydrogen-bond acceptors (Lipinski definition) is 1. The molecule has 2 rings (SSSR count). The molecule has 0 bridgehead atoms. The molecule has 104 valence electrons. The monoisotopic (exact) mass is 276 g/mol. The van der Waals surface area contributed by atoms with Gasteiger partial charge >= 0.3 is 0 Å². The van der Waals surface area contributed by atoms with Crippen molar-refractivity contribution in [3.63, 3.8) is 0 Å². The summed E-state index contributed by atoms with van der Waals surface area (Å²) in [6.45, 7) is 6.84. The fourth-order valence-corrected chi connectivity index (χ4v) is 3.02. The maximum Gasteiger partial charge on any atom is 0.173 e. The van der Waals surface area contributed by atoms with Crippen molar-refractivity contribution in [3.8, 4) is 0 Å². The molecule has 0 amide bonds. The van der Waals surface area contributed by atoms with Gasteiger partial charge in [0.25, 0.3) is 0 Å². The second-order valence-electron chi connectivity index (χ2n) is 5.72. The van der Waals surface area contributed by atoms with Gasteiger partial charge in [0, 0.05) is 18.8 Å². The molecule has 1 N–H and O–H groups in total. The van der Waals surface area contributed by atoms with Crippen LogP contribution in [-0.2, 0) is 0 Å². The van der Waals surface area contributed by atoms with Gasteiger partial charge in [0.1, 0.15) is 0 Å². The Morgan fingerprint density at radius 2 is 1.95 bits per heavy atom. The molecule has 0 radical (unpaired) electrons. The molecule has 1 aromatic carbocycles. The number of thiocarbonyl (C=S) groups is 1. The van der Waals surface area contributed by atoms with Crippen LogP contribution < -0.4 is 5.32 Å². The third kappa shape index (κ3) is 4.20. The van der Waals surface area contributed by atoms with E-state index >= 15 is 0 Å². The van der Waals surface area contributed by atoms with Gasteiger partial charge in [0.15, 0.2) is 5.11 Å². The number of para-hydroxylation sites is 1. The number of likely N-dealkylation sites (tertiary alicyclic amines) is 1. The Kier molecular flexibility index (Phi) is 5.20. The summed E-state index contributed by atoms with van der Waals surface area (Å²) in [6, 6.07) is 10.2. The molecule has 1 atom stereocenters. The molecule has 0 saturated carbocycles. The van der Waals surface area contributed by atoms with Crippen molar-refractivity contribution in [1.29, 1.82) is 0 Å². The minimum atomic E-state index is 0.788. The van der Waals surface area contributed by atoms with Crippen molar-refractivity contribution >= 4 is 23.0 Å². The first-order chi connectivity index (χ1) is 9.16. The predicted octanol–water partition coefficient (Wildman–Crippen LogP) is 4.14. The molecule has 2 nitrogen and oxygen atoms in total. The summed E-state index contributed by atoms with van der Waals surface area (Å²) >= 11 is 5.54. The normalized spacial score (nSPS) is 20.2. The van der Waals surface area contributed by atoms with Gasteiger partial charge in [-0.3, -0.25) is 0 Å². The molecule has 1 heterocycles. The van der Waals surface area contributed by atoms with Gasteiger partial charge in [0.2, 0.25) is 0 Å². The van der Waals surface area contributed by atoms with E-state index in [0.29, 0.717) is 0 Å². The zero-order chi connectivity index (χ0) is 13.7. The number of anilines is 1. The molecule has 3 heteroatoms. The highest BCUT2D eigenvalue weighted by atomic mass is 32.1. The van der Waals surface area contributed by atoms with Crippen molar-refractivity contribution in [1.82, 2.24) is 4.90 Å². The molecule has 1 aromatic rings. The lowest BCUT2D eigenvalue weighted by Crippen LogP contribution is -2.35. The van der Waals surface area contributed by atoms with E-state index in [4.69, 9.17) is 12.2 Å². The fraction of sp³-hybridized carbons (Fsp3) is 0.562. The number of nitrogens with zero attached hydrogens (tertiary/aromatic N) is 1. The lowest BCUT2D eigenvalue weighted by Gasteiger charge is -2.24. The lowest BCUT2D eigenvalue weighted by atomic mass is 9.89. The van der Waals surface area contributed by atoms with Crippen LogP contribution in [-0.4, -0.2) is 23.1 Å². The van der Waals surface area contributed by atoms with E-state index in [1.54, 1.807) is 0 Å². The van der Waals surface area contributed by atoms with Gasteiger partial charge in [-0.2, -0.15) is 0 Å². The quantitative estimate of drug-likeness (QED) is 0.817. The molecule has 1 saturated heterocycles. The number of benzene rings is 1. The molecule has 0 aliphatic carbocycles. The average molecular weight is 276 g/mol. The summed E-state index contributed by atoms with van der Waals surface area (Å²) in [6.07, 6.45) is 3.84. The second kappa shape index (κ2) is 6.90. The predicted molar refractivity (Wildman–Crippen MR) is 86.4 cm³/mol. The van der Waals surface area contributed by atoms with Crippen LogP contribution in [0.5, 0.6) is 0 Å². The maximum atomic E-state index is 5.54. The van der Waals surface area contributed by atoms with Crippen molar-refractivity contribution in [2.24, 2.45) is 11.8 Å². The first kappa shape index (κ1) is 14.3. The minimum Gasteiger partial charge on any atom is -0.349 e. The van der Waals surface area contributed by atoms with Crippen molar-refractivity contribution in [2.75, 3.05) is 18.4 Å². The van der Waals surface area contributed by atoms with Crippen LogP contribution >= 0.6 is 12.2 Å². The number of rotatable bonds is 2. The smallest absolute Gasteiger partial charge is 0.173 e. The van der Waals surface area contributed by atoms with E-state index in [-0.39, 0.29) is 0 Å². The molecule has 1 fully saturated rings. The largest absolute Gasteiger partial charge is 0.349 e. The maximum absolute atomic E-state index is 5.54. The van der Waals surface area contributed by atoms with Gasteiger partial charge in [-0.15, -0.1) is 0 Å². The minimum absolute atomic E-state index is 0.788. The van der Waals surface area contributed by atoms with Gasteiger partial charge in [-0.25, -0.2) is 0 Å². The zero-order valence-corrected chi connectivity index (χ0v) is 12.7. The Hall–Kier alpha value is -1.09. The topological polar surface area (TPSA) is 15.3 Å². The van der Waals surface area contributed by atoms with E-state index in [1.165, 1.54) is 19.3 Å². The van der Waals surface area contributed by atoms with Gasteiger partial charge in [-0.1, -0.05) is 32.0 Å². The fourth-order valence-electron chi connectivity index (χ4n) is 2.72. The average Bonchev–Trinajstić information content (AvgIpc) is 2.65. The Bertz CT molecular complexity index is 402. The second-order valence-corrected chi connectivity index (χ2v) is 6.10. The van der Waals surface area contributed by atoms with E-state index in [2.05, 4.69) is 36.2 Å². The third-order valence-corrected chi connectivity index (χ3v) is 4.39. The van der Waals surface area contributed by atoms with Crippen LogP contribution in [0.3, 0.4) is 0 Å². The molecular weight excluding hydrogens is 252 g/mol. The van der Waals surface area contributed by atoms with Crippen LogP contribution in [0.4, 0.5) is 5.69 Å². The molecule has 1 unspecified atom stereocenters. The molecular formula is C16H24N2S. The Balaban J connectivity index is 1.89. The van der Waals surface area contributed by atoms with Crippen LogP contribution in [0.15, 0.2) is 30.3 Å². The summed E-state index contributed by atoms with van der Waals surface area (Å²) < 4.78 is 0. The highest BCUT2D eigenvalue weighted by Crippen LogP contribution is 2.24. The number of hydrogen-bond donors (Lipinski definition) is 1. The molecule has 1 aliphatic rings. The van der Waals surface area contributed by atoms with Crippen LogP contribution in [0.25, 0.3) is 0 Å². The standard InChI is InChI=1S/C16H24N2S/c1-13(2)14-7-6-11-18(12-10-14)16(19)17-15-8-4-3-5-9-15/h3-5,8-9,13-14H,6-7,10-12H2,1-2H3,(H,17,19). The van der Waals surface area contributed by atoms with Gasteiger partial charge < -0.3 is 10.2 Å². The highest BCUT2D eigenvalue weighted by Gasteiger charge is 2.20. The SMILES string of the molecule is CC(C)C1CCCN(C(=S)Nc2ccccc2)CC1. The molecule has 19 heavy (non-hydrogen) atoms. The summed E-state index contributed by atoms with van der Waals surface area (Å²) in [4.78, 5) is 2.32. The Labute approximate surface area is 122 Å². The van der Waals surface area contributed by atoms with Crippen LogP contribution in [0.1, 0.15) is 33.1 Å². The van der Waals surface area contributed by atoms with E-state index < -0.39 is 0 Å². The van der Waals surface area contributed by atoms with Gasteiger partial charge in [0.05, 0.1) is 0 Å². The van der Waals surface area contributed by atoms with E-state index in [9.17, 15) is 0 Å². The van der Waals surface area contributed by atoms with Crippen LogP contribution in [0.2, 0.25) is 0 Å². The summed E-state index contributed by atoms with van der Waals surface area (Å²) in [7, 11) is 0. The number of nitrogens with one attached hydrogen (secondary N) is 1. The van der Waals surface area contributed by atoms with Crippen LogP contribution in [0, 0.1) is 11.8 Å². The summed E-state index contributed by atoms with van der Waals surface area (Å²) in [5.74, 6) is 1.64. The Morgan fingerprint density at radius 3 is 2.63 bits per heavy atom. The zero-order valence-electron chi connectivity index (χ0n) is 11.9.